The summed E-state index contributed by atoms with van der Waals surface area (Å²) >= 11 is 0. The molecule has 0 fully saturated rings. The molecular weight excluding hydrogens is 425 g/mol. The van der Waals surface area contributed by atoms with E-state index in [0.29, 0.717) is 17.0 Å². The van der Waals surface area contributed by atoms with E-state index in [1.165, 1.54) is 55.6 Å². The minimum absolute atomic E-state index is 0.0570. The molecule has 0 bridgehead atoms. The highest BCUT2D eigenvalue weighted by Gasteiger charge is 2.22. The first-order chi connectivity index (χ1) is 14.7. The van der Waals surface area contributed by atoms with Gasteiger partial charge in [-0.1, -0.05) is 5.16 Å². The van der Waals surface area contributed by atoms with E-state index in [2.05, 4.69) is 15.2 Å². The average Bonchev–Trinajstić information content (AvgIpc) is 3.10. The van der Waals surface area contributed by atoms with Gasteiger partial charge in [0.1, 0.15) is 22.8 Å². The molecule has 0 aliphatic rings. The molecule has 3 rings (SSSR count). The number of carbonyl (C=O) groups is 1. The summed E-state index contributed by atoms with van der Waals surface area (Å²) in [6, 6.07) is 10.9. The van der Waals surface area contributed by atoms with Crippen LogP contribution in [0.2, 0.25) is 0 Å². The maximum Gasteiger partial charge on any atom is 0.261 e. The van der Waals surface area contributed by atoms with Crippen molar-refractivity contribution in [3.05, 3.63) is 65.7 Å². The van der Waals surface area contributed by atoms with Gasteiger partial charge in [-0.15, -0.1) is 0 Å². The highest BCUT2D eigenvalue weighted by atomic mass is 32.2. The zero-order chi connectivity index (χ0) is 22.6. The van der Waals surface area contributed by atoms with Crippen LogP contribution in [0.4, 0.5) is 10.1 Å². The second-order valence-corrected chi connectivity index (χ2v) is 8.64. The maximum absolute atomic E-state index is 13.2. The number of amides is 1. The predicted octanol–water partition coefficient (Wildman–Crippen LogP) is 3.35. The molecule has 1 atom stereocenters. The van der Waals surface area contributed by atoms with E-state index in [-0.39, 0.29) is 22.8 Å². The van der Waals surface area contributed by atoms with Gasteiger partial charge in [-0.05, 0) is 62.4 Å². The first kappa shape index (κ1) is 22.6. The van der Waals surface area contributed by atoms with Crippen LogP contribution < -0.4 is 10.0 Å². The lowest BCUT2D eigenvalue weighted by Gasteiger charge is -2.13. The van der Waals surface area contributed by atoms with Gasteiger partial charge in [0.15, 0.2) is 0 Å². The molecule has 0 radical (unpaired) electrons. The molecule has 1 unspecified atom stereocenters. The molecule has 0 aliphatic carbocycles. The van der Waals surface area contributed by atoms with Crippen molar-refractivity contribution in [3.63, 3.8) is 0 Å². The van der Waals surface area contributed by atoms with Crippen LogP contribution in [0.15, 0.2) is 57.9 Å². The highest BCUT2D eigenvalue weighted by molar-refractivity contribution is 7.89. The minimum Gasteiger partial charge on any atom is -0.383 e. The number of rotatable bonds is 8. The Morgan fingerprint density at radius 1 is 1.16 bits per heavy atom. The Balaban J connectivity index is 1.78. The van der Waals surface area contributed by atoms with Crippen molar-refractivity contribution < 1.29 is 26.9 Å². The maximum atomic E-state index is 13.2. The number of hydrogen-bond acceptors (Lipinski definition) is 6. The summed E-state index contributed by atoms with van der Waals surface area (Å²) in [7, 11) is -2.23. The summed E-state index contributed by atoms with van der Waals surface area (Å²) in [5.41, 5.74) is 1.41. The van der Waals surface area contributed by atoms with Crippen LogP contribution in [0.25, 0.3) is 11.3 Å². The van der Waals surface area contributed by atoms with E-state index in [1.807, 2.05) is 0 Å². The van der Waals surface area contributed by atoms with Gasteiger partial charge in [0, 0.05) is 24.4 Å². The molecule has 8 nitrogen and oxygen atoms in total. The van der Waals surface area contributed by atoms with Gasteiger partial charge in [-0.25, -0.2) is 17.5 Å². The number of aryl methyl sites for hydroxylation is 1. The van der Waals surface area contributed by atoms with Crippen LogP contribution in [0.5, 0.6) is 0 Å². The van der Waals surface area contributed by atoms with E-state index in [1.54, 1.807) is 13.8 Å². The molecule has 1 amide bonds. The molecule has 3 aromatic rings. The summed E-state index contributed by atoms with van der Waals surface area (Å²) in [5.74, 6) is -0.594. The van der Waals surface area contributed by atoms with E-state index < -0.39 is 27.8 Å². The first-order valence-electron chi connectivity index (χ1n) is 9.36. The standard InChI is InChI=1S/C21H22FN3O5S/c1-13(12-29-3)25-31(27,28)18-10-8-17(9-11-18)23-21(26)19-14(2)30-24-20(19)15-4-6-16(22)7-5-15/h4-11,13,25H,12H2,1-3H3,(H,23,26). The van der Waals surface area contributed by atoms with Crippen molar-refractivity contribution in [3.8, 4) is 11.3 Å². The van der Waals surface area contributed by atoms with Crippen LogP contribution in [0.3, 0.4) is 0 Å². The van der Waals surface area contributed by atoms with Crippen molar-refractivity contribution in [2.45, 2.75) is 24.8 Å². The van der Waals surface area contributed by atoms with Crippen LogP contribution >= 0.6 is 0 Å². The number of anilines is 1. The fraction of sp³-hybridized carbons (Fsp3) is 0.238. The number of nitrogens with zero attached hydrogens (tertiary/aromatic N) is 1. The van der Waals surface area contributed by atoms with Crippen molar-refractivity contribution >= 4 is 21.6 Å². The predicted molar refractivity (Wildman–Crippen MR) is 113 cm³/mol. The number of hydrogen-bond donors (Lipinski definition) is 2. The Morgan fingerprint density at radius 2 is 1.81 bits per heavy atom. The molecule has 0 saturated heterocycles. The number of sulfonamides is 1. The molecule has 0 aliphatic heterocycles. The number of ether oxygens (including phenoxy) is 1. The lowest BCUT2D eigenvalue weighted by Crippen LogP contribution is -2.35. The zero-order valence-electron chi connectivity index (χ0n) is 17.2. The molecule has 0 spiro atoms. The van der Waals surface area contributed by atoms with Crippen molar-refractivity contribution in [1.82, 2.24) is 9.88 Å². The van der Waals surface area contributed by atoms with E-state index >= 15 is 0 Å². The van der Waals surface area contributed by atoms with Gasteiger partial charge >= 0.3 is 0 Å². The smallest absolute Gasteiger partial charge is 0.261 e. The first-order valence-corrected chi connectivity index (χ1v) is 10.8. The van der Waals surface area contributed by atoms with Crippen molar-refractivity contribution in [2.24, 2.45) is 0 Å². The van der Waals surface area contributed by atoms with E-state index in [4.69, 9.17) is 9.26 Å². The number of nitrogens with one attached hydrogen (secondary N) is 2. The Labute approximate surface area is 179 Å². The molecule has 1 aromatic heterocycles. The lowest BCUT2D eigenvalue weighted by molar-refractivity contribution is 0.102. The fourth-order valence-corrected chi connectivity index (χ4v) is 4.20. The number of carbonyl (C=O) groups excluding carboxylic acids is 1. The van der Waals surface area contributed by atoms with Crippen LogP contribution in [-0.2, 0) is 14.8 Å². The number of aromatic nitrogens is 1. The van der Waals surface area contributed by atoms with Crippen LogP contribution in [0, 0.1) is 12.7 Å². The quantitative estimate of drug-likeness (QED) is 0.548. The molecule has 0 saturated carbocycles. The highest BCUT2D eigenvalue weighted by Crippen LogP contribution is 2.26. The molecule has 2 aromatic carbocycles. The van der Waals surface area contributed by atoms with Gasteiger partial charge in [0.25, 0.3) is 5.91 Å². The molecule has 31 heavy (non-hydrogen) atoms. The number of halogens is 1. The normalized spacial score (nSPS) is 12.5. The Hall–Kier alpha value is -3.08. The summed E-state index contributed by atoms with van der Waals surface area (Å²) in [4.78, 5) is 12.9. The van der Waals surface area contributed by atoms with Crippen LogP contribution in [-0.4, -0.2) is 39.2 Å². The second-order valence-electron chi connectivity index (χ2n) is 6.93. The monoisotopic (exact) mass is 447 g/mol. The number of methoxy groups -OCH3 is 1. The molecule has 2 N–H and O–H groups in total. The molecule has 1 heterocycles. The van der Waals surface area contributed by atoms with Gasteiger partial charge in [0.2, 0.25) is 10.0 Å². The zero-order valence-corrected chi connectivity index (χ0v) is 18.0. The lowest BCUT2D eigenvalue weighted by atomic mass is 10.1. The summed E-state index contributed by atoms with van der Waals surface area (Å²) in [5, 5.41) is 6.61. The molecule has 10 heteroatoms. The van der Waals surface area contributed by atoms with Gasteiger partial charge in [-0.3, -0.25) is 4.79 Å². The minimum atomic E-state index is -3.72. The van der Waals surface area contributed by atoms with Crippen molar-refractivity contribution in [2.75, 3.05) is 19.0 Å². The topological polar surface area (TPSA) is 111 Å². The van der Waals surface area contributed by atoms with Crippen LogP contribution in [0.1, 0.15) is 23.0 Å². The van der Waals surface area contributed by atoms with Gasteiger partial charge in [-0.2, -0.15) is 0 Å². The summed E-state index contributed by atoms with van der Waals surface area (Å²) in [6.45, 7) is 3.52. The Bertz CT molecular complexity index is 1160. The average molecular weight is 447 g/mol. The summed E-state index contributed by atoms with van der Waals surface area (Å²) < 4.78 is 50.6. The Kier molecular flexibility index (Phi) is 6.84. The van der Waals surface area contributed by atoms with E-state index in [9.17, 15) is 17.6 Å². The third-order valence-electron chi connectivity index (χ3n) is 4.40. The summed E-state index contributed by atoms with van der Waals surface area (Å²) in [6.07, 6.45) is 0. The number of benzene rings is 2. The van der Waals surface area contributed by atoms with E-state index in [0.717, 1.165) is 0 Å². The van der Waals surface area contributed by atoms with Gasteiger partial charge in [0.05, 0.1) is 11.5 Å². The second kappa shape index (κ2) is 9.38. The SMILES string of the molecule is COCC(C)NS(=O)(=O)c1ccc(NC(=O)c2c(-c3ccc(F)cc3)noc2C)cc1. The fourth-order valence-electron chi connectivity index (χ4n) is 2.97. The molecular formula is C21H22FN3O5S. The third kappa shape index (κ3) is 5.35. The van der Waals surface area contributed by atoms with Crippen molar-refractivity contribution in [1.29, 1.82) is 0 Å². The largest absolute Gasteiger partial charge is 0.383 e. The van der Waals surface area contributed by atoms with Gasteiger partial charge < -0.3 is 14.6 Å². The Morgan fingerprint density at radius 3 is 2.42 bits per heavy atom. The molecule has 164 valence electrons. The third-order valence-corrected chi connectivity index (χ3v) is 6.01.